The van der Waals surface area contributed by atoms with E-state index in [0.717, 1.165) is 12.2 Å². The first-order valence-electron chi connectivity index (χ1n) is 7.98. The molecule has 0 spiro atoms. The van der Waals surface area contributed by atoms with Crippen molar-refractivity contribution in [1.29, 1.82) is 0 Å². The fourth-order valence-corrected chi connectivity index (χ4v) is 2.93. The number of aromatic nitrogens is 1. The molecule has 4 nitrogen and oxygen atoms in total. The SMILES string of the molecule is Nc1ccc(Oc2ccc3c(c2)OCC(c2ccccc2)C3)nc1. The summed E-state index contributed by atoms with van der Waals surface area (Å²) in [4.78, 5) is 4.15. The second kappa shape index (κ2) is 6.24. The van der Waals surface area contributed by atoms with Crippen molar-refractivity contribution in [2.24, 2.45) is 0 Å². The van der Waals surface area contributed by atoms with Crippen LogP contribution in [0, 0.1) is 0 Å². The molecule has 1 aromatic heterocycles. The number of rotatable bonds is 3. The van der Waals surface area contributed by atoms with Gasteiger partial charge in [-0.3, -0.25) is 0 Å². The lowest BCUT2D eigenvalue weighted by atomic mass is 9.90. The van der Waals surface area contributed by atoms with Crippen LogP contribution in [0.4, 0.5) is 5.69 Å². The van der Waals surface area contributed by atoms with Crippen molar-refractivity contribution in [3.63, 3.8) is 0 Å². The molecule has 0 aliphatic carbocycles. The molecule has 0 saturated carbocycles. The van der Waals surface area contributed by atoms with Crippen molar-refractivity contribution in [3.05, 3.63) is 78.0 Å². The molecule has 0 saturated heterocycles. The molecule has 4 rings (SSSR count). The summed E-state index contributed by atoms with van der Waals surface area (Å²) >= 11 is 0. The van der Waals surface area contributed by atoms with Crippen LogP contribution >= 0.6 is 0 Å². The van der Waals surface area contributed by atoms with Gasteiger partial charge in [-0.25, -0.2) is 4.98 Å². The van der Waals surface area contributed by atoms with Gasteiger partial charge in [0.15, 0.2) is 0 Å². The molecule has 0 amide bonds. The average molecular weight is 318 g/mol. The van der Waals surface area contributed by atoms with Crippen molar-refractivity contribution < 1.29 is 9.47 Å². The molecule has 24 heavy (non-hydrogen) atoms. The van der Waals surface area contributed by atoms with Crippen LogP contribution in [0.3, 0.4) is 0 Å². The molecule has 4 heteroatoms. The van der Waals surface area contributed by atoms with E-state index < -0.39 is 0 Å². The minimum atomic E-state index is 0.393. The van der Waals surface area contributed by atoms with Gasteiger partial charge >= 0.3 is 0 Å². The van der Waals surface area contributed by atoms with E-state index in [0.29, 0.717) is 29.8 Å². The number of hydrogen-bond acceptors (Lipinski definition) is 4. The van der Waals surface area contributed by atoms with Crippen molar-refractivity contribution >= 4 is 5.69 Å². The summed E-state index contributed by atoms with van der Waals surface area (Å²) in [5.41, 5.74) is 8.76. The smallest absolute Gasteiger partial charge is 0.219 e. The van der Waals surface area contributed by atoms with Crippen LogP contribution in [0.2, 0.25) is 0 Å². The predicted molar refractivity (Wildman–Crippen MR) is 93.5 cm³/mol. The number of hydrogen-bond donors (Lipinski definition) is 1. The Balaban J connectivity index is 1.52. The van der Waals surface area contributed by atoms with E-state index in [2.05, 4.69) is 35.3 Å². The molecule has 2 N–H and O–H groups in total. The summed E-state index contributed by atoms with van der Waals surface area (Å²) in [6.45, 7) is 0.681. The van der Waals surface area contributed by atoms with Crippen molar-refractivity contribution in [3.8, 4) is 17.4 Å². The normalized spacial score (nSPS) is 16.1. The molecule has 2 aromatic carbocycles. The van der Waals surface area contributed by atoms with E-state index in [1.807, 2.05) is 18.2 Å². The summed E-state index contributed by atoms with van der Waals surface area (Å²) < 4.78 is 11.7. The highest BCUT2D eigenvalue weighted by Gasteiger charge is 2.21. The first-order valence-corrected chi connectivity index (χ1v) is 7.98. The van der Waals surface area contributed by atoms with Gasteiger partial charge in [-0.1, -0.05) is 36.4 Å². The number of anilines is 1. The van der Waals surface area contributed by atoms with Crippen molar-refractivity contribution in [2.75, 3.05) is 12.3 Å². The Labute approximate surface area is 140 Å². The molecule has 2 heterocycles. The Morgan fingerprint density at radius 3 is 2.71 bits per heavy atom. The predicted octanol–water partition coefficient (Wildman–Crippen LogP) is 4.17. The minimum Gasteiger partial charge on any atom is -0.493 e. The van der Waals surface area contributed by atoms with Gasteiger partial charge in [0.25, 0.3) is 0 Å². The standard InChI is InChI=1S/C20H18N2O2/c21-17-7-9-20(22-12-17)24-18-8-6-15-10-16(13-23-19(15)11-18)14-4-2-1-3-5-14/h1-9,11-12,16H,10,13,21H2. The molecular formula is C20H18N2O2. The van der Waals surface area contributed by atoms with Gasteiger partial charge in [-0.2, -0.15) is 0 Å². The number of fused-ring (bicyclic) bond motifs is 1. The summed E-state index contributed by atoms with van der Waals surface area (Å²) in [6.07, 6.45) is 2.55. The maximum absolute atomic E-state index is 5.97. The highest BCUT2D eigenvalue weighted by Crippen LogP contribution is 2.35. The monoisotopic (exact) mass is 318 g/mol. The van der Waals surface area contributed by atoms with Crippen molar-refractivity contribution in [1.82, 2.24) is 4.98 Å². The maximum Gasteiger partial charge on any atom is 0.219 e. The van der Waals surface area contributed by atoms with Crippen LogP contribution in [-0.4, -0.2) is 11.6 Å². The van der Waals surface area contributed by atoms with Crippen LogP contribution in [0.15, 0.2) is 66.9 Å². The molecule has 1 unspecified atom stereocenters. The fraction of sp³-hybridized carbons (Fsp3) is 0.150. The third-order valence-electron chi connectivity index (χ3n) is 4.20. The highest BCUT2D eigenvalue weighted by atomic mass is 16.5. The Kier molecular flexibility index (Phi) is 3.79. The number of benzene rings is 2. The minimum absolute atomic E-state index is 0.393. The Morgan fingerprint density at radius 1 is 1.04 bits per heavy atom. The van der Waals surface area contributed by atoms with E-state index in [1.165, 1.54) is 11.1 Å². The number of ether oxygens (including phenoxy) is 2. The van der Waals surface area contributed by atoms with Crippen LogP contribution < -0.4 is 15.2 Å². The number of nitrogens with two attached hydrogens (primary N) is 1. The third kappa shape index (κ3) is 3.04. The van der Waals surface area contributed by atoms with Gasteiger partial charge < -0.3 is 15.2 Å². The lowest BCUT2D eigenvalue weighted by Gasteiger charge is -2.26. The number of nitrogens with zero attached hydrogens (tertiary/aromatic N) is 1. The lowest BCUT2D eigenvalue weighted by Crippen LogP contribution is -2.19. The summed E-state index contributed by atoms with van der Waals surface area (Å²) in [5.74, 6) is 2.51. The van der Waals surface area contributed by atoms with Gasteiger partial charge in [0.2, 0.25) is 5.88 Å². The second-order valence-corrected chi connectivity index (χ2v) is 5.92. The third-order valence-corrected chi connectivity index (χ3v) is 4.20. The topological polar surface area (TPSA) is 57.4 Å². The van der Waals surface area contributed by atoms with Gasteiger partial charge in [0.05, 0.1) is 18.5 Å². The van der Waals surface area contributed by atoms with Gasteiger partial charge in [0.1, 0.15) is 11.5 Å². The maximum atomic E-state index is 5.97. The Hall–Kier alpha value is -3.01. The van der Waals surface area contributed by atoms with E-state index in [9.17, 15) is 0 Å². The molecule has 1 aliphatic rings. The van der Waals surface area contributed by atoms with E-state index in [1.54, 1.807) is 18.3 Å². The molecule has 1 atom stereocenters. The number of pyridine rings is 1. The summed E-state index contributed by atoms with van der Waals surface area (Å²) in [6, 6.07) is 20.0. The Morgan fingerprint density at radius 2 is 1.92 bits per heavy atom. The molecular weight excluding hydrogens is 300 g/mol. The summed E-state index contributed by atoms with van der Waals surface area (Å²) in [7, 11) is 0. The quantitative estimate of drug-likeness (QED) is 0.787. The van der Waals surface area contributed by atoms with Crippen LogP contribution in [0.1, 0.15) is 17.0 Å². The van der Waals surface area contributed by atoms with Crippen molar-refractivity contribution in [2.45, 2.75) is 12.3 Å². The van der Waals surface area contributed by atoms with Gasteiger partial charge in [0, 0.05) is 18.1 Å². The highest BCUT2D eigenvalue weighted by molar-refractivity contribution is 5.45. The molecule has 0 radical (unpaired) electrons. The first-order chi connectivity index (χ1) is 11.8. The second-order valence-electron chi connectivity index (χ2n) is 5.92. The Bertz CT molecular complexity index is 832. The largest absolute Gasteiger partial charge is 0.493 e. The van der Waals surface area contributed by atoms with E-state index in [-0.39, 0.29) is 0 Å². The van der Waals surface area contributed by atoms with E-state index >= 15 is 0 Å². The number of nitrogen functional groups attached to an aromatic ring is 1. The fourth-order valence-electron chi connectivity index (χ4n) is 2.93. The average Bonchev–Trinajstić information content (AvgIpc) is 2.64. The van der Waals surface area contributed by atoms with Crippen LogP contribution in [0.25, 0.3) is 0 Å². The zero-order chi connectivity index (χ0) is 16.4. The lowest BCUT2D eigenvalue weighted by molar-refractivity contribution is 0.261. The summed E-state index contributed by atoms with van der Waals surface area (Å²) in [5, 5.41) is 0. The zero-order valence-corrected chi connectivity index (χ0v) is 13.2. The molecule has 120 valence electrons. The molecule has 3 aromatic rings. The molecule has 1 aliphatic heterocycles. The van der Waals surface area contributed by atoms with E-state index in [4.69, 9.17) is 15.2 Å². The zero-order valence-electron chi connectivity index (χ0n) is 13.2. The first kappa shape index (κ1) is 14.6. The van der Waals surface area contributed by atoms with Gasteiger partial charge in [-0.15, -0.1) is 0 Å². The molecule has 0 fully saturated rings. The van der Waals surface area contributed by atoms with Crippen LogP contribution in [-0.2, 0) is 6.42 Å². The van der Waals surface area contributed by atoms with Gasteiger partial charge in [-0.05, 0) is 29.7 Å². The molecule has 0 bridgehead atoms. The van der Waals surface area contributed by atoms with Crippen LogP contribution in [0.5, 0.6) is 17.4 Å².